The first-order valence-electron chi connectivity index (χ1n) is 17.8. The molecule has 268 valence electrons. The molecule has 2 aromatic carbocycles. The molecule has 0 spiro atoms. The van der Waals surface area contributed by atoms with Gasteiger partial charge >= 0.3 is 6.09 Å². The lowest BCUT2D eigenvalue weighted by Crippen LogP contribution is -2.60. The molecule has 12 heteroatoms. The molecular weight excluding hydrogens is 666 g/mol. The molecular formula is C37H50ClN3O7S. The van der Waals surface area contributed by atoms with Gasteiger partial charge in [0.05, 0.1) is 11.5 Å². The topological polar surface area (TPSA) is 114 Å². The van der Waals surface area contributed by atoms with Crippen molar-refractivity contribution in [3.8, 4) is 11.5 Å². The van der Waals surface area contributed by atoms with E-state index in [0.29, 0.717) is 48.3 Å². The van der Waals surface area contributed by atoms with E-state index in [-0.39, 0.29) is 48.0 Å². The normalized spacial score (nSPS) is 26.6. The Balaban J connectivity index is 1.18. The number of benzene rings is 2. The first-order valence-corrected chi connectivity index (χ1v) is 19.7. The molecule has 1 aliphatic carbocycles. The minimum Gasteiger partial charge on any atom is -0.493 e. The fourth-order valence-corrected chi connectivity index (χ4v) is 9.68. The van der Waals surface area contributed by atoms with Crippen molar-refractivity contribution < 1.29 is 32.2 Å². The Morgan fingerprint density at radius 3 is 2.12 bits per heavy atom. The van der Waals surface area contributed by atoms with Crippen molar-refractivity contribution in [1.82, 2.24) is 14.5 Å². The van der Waals surface area contributed by atoms with Gasteiger partial charge < -0.3 is 24.4 Å². The number of hydrogen-bond donors (Lipinski definition) is 1. The number of piperidine rings is 2. The van der Waals surface area contributed by atoms with Crippen LogP contribution >= 0.6 is 11.6 Å². The standard InChI is InChI=1S/C37H50ClN3O7S/c1-37(2,3)48-36(43)39-27-21-28-11-12-29(22-27)41(28)35(42)34-23-32(47-31-13-9-26(38)10-14-31)19-20-40(34)49(44,45)33-17-15-30(16-18-33)46-24-25-7-5-4-6-8-25/h9-10,13-18,25,27-29,32,34H,4-8,11-12,19-24H2,1-3H3,(H,39,43)/t27?,28?,29?,32-,34-/m1/s1. The van der Waals surface area contributed by atoms with Crippen LogP contribution in [0.3, 0.4) is 0 Å². The highest BCUT2D eigenvalue weighted by Gasteiger charge is 2.50. The molecule has 3 aliphatic heterocycles. The number of rotatable bonds is 9. The summed E-state index contributed by atoms with van der Waals surface area (Å²) in [5, 5.41) is 3.58. The van der Waals surface area contributed by atoms with E-state index < -0.39 is 27.8 Å². The second-order valence-corrected chi connectivity index (χ2v) is 17.4. The number of halogens is 1. The highest BCUT2D eigenvalue weighted by Crippen LogP contribution is 2.39. The van der Waals surface area contributed by atoms with E-state index in [0.717, 1.165) is 12.8 Å². The first kappa shape index (κ1) is 35.8. The number of carbonyl (C=O) groups excluding carboxylic acids is 2. The van der Waals surface area contributed by atoms with E-state index in [9.17, 15) is 18.0 Å². The van der Waals surface area contributed by atoms with Crippen molar-refractivity contribution in [2.75, 3.05) is 13.2 Å². The maximum atomic E-state index is 14.6. The highest BCUT2D eigenvalue weighted by molar-refractivity contribution is 7.89. The largest absolute Gasteiger partial charge is 0.493 e. The SMILES string of the molecule is CC(C)(C)OC(=O)NC1CC2CCC(C1)N2C(=O)[C@H]1C[C@H](Oc2ccc(Cl)cc2)CCN1S(=O)(=O)c1ccc(OCC2CCCCC2)cc1. The molecule has 1 saturated carbocycles. The van der Waals surface area contributed by atoms with E-state index in [1.165, 1.54) is 36.4 Å². The lowest BCUT2D eigenvalue weighted by molar-refractivity contribution is -0.142. The minimum absolute atomic E-state index is 0.103. The van der Waals surface area contributed by atoms with Gasteiger partial charge in [-0.1, -0.05) is 30.9 Å². The van der Waals surface area contributed by atoms with Crippen LogP contribution in [0.2, 0.25) is 5.02 Å². The van der Waals surface area contributed by atoms with E-state index in [1.54, 1.807) is 48.5 Å². The third-order valence-corrected chi connectivity index (χ3v) is 12.4. The molecule has 4 aliphatic rings. The average molecular weight is 716 g/mol. The van der Waals surface area contributed by atoms with Crippen LogP contribution in [-0.4, -0.2) is 78.6 Å². The van der Waals surface area contributed by atoms with Crippen molar-refractivity contribution in [2.45, 2.75) is 132 Å². The fraction of sp³-hybridized carbons (Fsp3) is 0.622. The Bertz CT molecular complexity index is 1540. The van der Waals surface area contributed by atoms with Gasteiger partial charge in [-0.15, -0.1) is 0 Å². The summed E-state index contributed by atoms with van der Waals surface area (Å²) in [6, 6.07) is 12.4. The van der Waals surface area contributed by atoms with E-state index in [4.69, 9.17) is 25.8 Å². The summed E-state index contributed by atoms with van der Waals surface area (Å²) in [7, 11) is -4.02. The smallest absolute Gasteiger partial charge is 0.407 e. The van der Waals surface area contributed by atoms with E-state index in [2.05, 4.69) is 5.32 Å². The zero-order chi connectivity index (χ0) is 34.8. The van der Waals surface area contributed by atoms with Gasteiger partial charge in [0.2, 0.25) is 15.9 Å². The summed E-state index contributed by atoms with van der Waals surface area (Å²) in [5.41, 5.74) is -0.609. The molecule has 10 nitrogen and oxygen atoms in total. The lowest BCUT2D eigenvalue weighted by Gasteiger charge is -2.44. The molecule has 1 N–H and O–H groups in total. The molecule has 3 saturated heterocycles. The Kier molecular flexibility index (Phi) is 11.0. The van der Waals surface area contributed by atoms with Crippen molar-refractivity contribution >= 4 is 33.6 Å². The van der Waals surface area contributed by atoms with Crippen LogP contribution in [0.15, 0.2) is 53.4 Å². The molecule has 4 fully saturated rings. The van der Waals surface area contributed by atoms with Crippen molar-refractivity contribution in [1.29, 1.82) is 0 Å². The van der Waals surface area contributed by atoms with Crippen LogP contribution in [0.4, 0.5) is 4.79 Å². The Morgan fingerprint density at radius 2 is 1.49 bits per heavy atom. The number of ether oxygens (including phenoxy) is 3. The van der Waals surface area contributed by atoms with Gasteiger partial charge in [-0.05, 0) is 120 Å². The zero-order valence-electron chi connectivity index (χ0n) is 28.8. The minimum atomic E-state index is -4.02. The van der Waals surface area contributed by atoms with Gasteiger partial charge in [-0.25, -0.2) is 13.2 Å². The highest BCUT2D eigenvalue weighted by atomic mass is 35.5. The predicted octanol–water partition coefficient (Wildman–Crippen LogP) is 6.95. The van der Waals surface area contributed by atoms with Crippen LogP contribution in [0.5, 0.6) is 11.5 Å². The van der Waals surface area contributed by atoms with Gasteiger partial charge in [0.25, 0.3) is 0 Å². The third-order valence-electron chi connectivity index (χ3n) is 10.3. The van der Waals surface area contributed by atoms with Crippen LogP contribution in [-0.2, 0) is 19.6 Å². The quantitative estimate of drug-likeness (QED) is 0.299. The van der Waals surface area contributed by atoms with Gasteiger partial charge in [-0.3, -0.25) is 4.79 Å². The molecule has 4 atom stereocenters. The number of sulfonamides is 1. The molecule has 2 bridgehead atoms. The summed E-state index contributed by atoms with van der Waals surface area (Å²) in [6.07, 6.45) is 8.69. The molecule has 2 amide bonds. The van der Waals surface area contributed by atoms with Crippen LogP contribution in [0.25, 0.3) is 0 Å². The van der Waals surface area contributed by atoms with Gasteiger partial charge in [0.15, 0.2) is 0 Å². The second kappa shape index (κ2) is 15.1. The van der Waals surface area contributed by atoms with Crippen molar-refractivity contribution in [2.24, 2.45) is 5.92 Å². The number of alkyl carbamates (subject to hydrolysis) is 1. The Morgan fingerprint density at radius 1 is 0.857 bits per heavy atom. The molecule has 0 radical (unpaired) electrons. The maximum Gasteiger partial charge on any atom is 0.407 e. The first-order chi connectivity index (χ1) is 23.4. The number of hydrogen-bond acceptors (Lipinski definition) is 7. The predicted molar refractivity (Wildman–Crippen MR) is 187 cm³/mol. The van der Waals surface area contributed by atoms with E-state index >= 15 is 0 Å². The monoisotopic (exact) mass is 715 g/mol. The van der Waals surface area contributed by atoms with Gasteiger partial charge in [0, 0.05) is 36.1 Å². The second-order valence-electron chi connectivity index (χ2n) is 15.1. The van der Waals surface area contributed by atoms with Crippen molar-refractivity contribution in [3.63, 3.8) is 0 Å². The summed E-state index contributed by atoms with van der Waals surface area (Å²) in [6.45, 7) is 6.25. The van der Waals surface area contributed by atoms with Gasteiger partial charge in [0.1, 0.15) is 29.2 Å². The Labute approximate surface area is 295 Å². The zero-order valence-corrected chi connectivity index (χ0v) is 30.4. The van der Waals surface area contributed by atoms with Crippen LogP contribution < -0.4 is 14.8 Å². The van der Waals surface area contributed by atoms with Gasteiger partial charge in [-0.2, -0.15) is 4.31 Å². The molecule has 2 unspecified atom stereocenters. The summed E-state index contributed by atoms with van der Waals surface area (Å²) >= 11 is 6.08. The number of fused-ring (bicyclic) bond motifs is 2. The molecule has 6 rings (SSSR count). The van der Waals surface area contributed by atoms with Crippen LogP contribution in [0, 0.1) is 5.92 Å². The molecule has 2 aromatic rings. The average Bonchev–Trinajstić information content (AvgIpc) is 3.33. The van der Waals surface area contributed by atoms with Crippen molar-refractivity contribution in [3.05, 3.63) is 53.6 Å². The van der Waals surface area contributed by atoms with E-state index in [1.807, 2.05) is 25.7 Å². The third kappa shape index (κ3) is 8.83. The maximum absolute atomic E-state index is 14.6. The van der Waals surface area contributed by atoms with Crippen LogP contribution in [0.1, 0.15) is 91.4 Å². The number of nitrogens with zero attached hydrogens (tertiary/aromatic N) is 2. The molecule has 3 heterocycles. The lowest BCUT2D eigenvalue weighted by atomic mass is 9.90. The number of amides is 2. The summed E-state index contributed by atoms with van der Waals surface area (Å²) in [5.74, 6) is 1.60. The number of nitrogens with one attached hydrogen (secondary N) is 1. The fourth-order valence-electron chi connectivity index (χ4n) is 7.95. The Hall–Kier alpha value is -3.02. The number of carbonyl (C=O) groups is 2. The molecule has 0 aromatic heterocycles. The summed E-state index contributed by atoms with van der Waals surface area (Å²) < 4.78 is 47.7. The summed E-state index contributed by atoms with van der Waals surface area (Å²) in [4.78, 5) is 29.1. The molecule has 49 heavy (non-hydrogen) atoms.